The predicted molar refractivity (Wildman–Crippen MR) is 153 cm³/mol. The van der Waals surface area contributed by atoms with Crippen molar-refractivity contribution in [3.63, 3.8) is 0 Å². The van der Waals surface area contributed by atoms with E-state index in [9.17, 15) is 4.79 Å². The van der Waals surface area contributed by atoms with Crippen molar-refractivity contribution in [2.24, 2.45) is 5.92 Å². The van der Waals surface area contributed by atoms with Crippen molar-refractivity contribution < 1.29 is 9.53 Å². The molecule has 1 amide bonds. The molecule has 0 aliphatic carbocycles. The zero-order chi connectivity index (χ0) is 25.7. The number of para-hydroxylation sites is 1. The smallest absolute Gasteiger partial charge is 0.266 e. The molecule has 0 unspecified atom stereocenters. The quantitative estimate of drug-likeness (QED) is 0.160. The van der Waals surface area contributed by atoms with Crippen LogP contribution >= 0.6 is 24.0 Å². The lowest BCUT2D eigenvalue weighted by molar-refractivity contribution is -0.122. The van der Waals surface area contributed by atoms with Crippen LogP contribution < -0.4 is 4.74 Å². The van der Waals surface area contributed by atoms with Gasteiger partial charge in [0.1, 0.15) is 15.8 Å². The summed E-state index contributed by atoms with van der Waals surface area (Å²) in [6.45, 7) is 9.80. The van der Waals surface area contributed by atoms with Crippen LogP contribution in [0, 0.1) is 12.8 Å². The topological polar surface area (TPSA) is 47.4 Å². The van der Waals surface area contributed by atoms with Gasteiger partial charge in [-0.25, -0.2) is 4.68 Å². The molecule has 1 saturated heterocycles. The minimum Gasteiger partial charge on any atom is -0.493 e. The summed E-state index contributed by atoms with van der Waals surface area (Å²) in [7, 11) is 0. The summed E-state index contributed by atoms with van der Waals surface area (Å²) in [6, 6.07) is 16.0. The molecule has 2 heterocycles. The summed E-state index contributed by atoms with van der Waals surface area (Å²) in [6.07, 6.45) is 7.05. The van der Waals surface area contributed by atoms with Crippen molar-refractivity contribution in [3.8, 4) is 22.7 Å². The molecular formula is C29H33N3O2S2. The fourth-order valence-electron chi connectivity index (χ4n) is 4.05. The summed E-state index contributed by atoms with van der Waals surface area (Å²) < 4.78 is 8.57. The fraction of sp³-hybridized carbons (Fsp3) is 0.345. The van der Waals surface area contributed by atoms with Crippen LogP contribution in [0.1, 0.15) is 51.2 Å². The van der Waals surface area contributed by atoms with E-state index in [4.69, 9.17) is 22.1 Å². The lowest BCUT2D eigenvalue weighted by Crippen LogP contribution is -2.28. The van der Waals surface area contributed by atoms with Gasteiger partial charge in [0.15, 0.2) is 0 Å². The number of benzene rings is 2. The molecule has 1 aromatic heterocycles. The van der Waals surface area contributed by atoms with E-state index in [0.717, 1.165) is 53.1 Å². The number of hydrogen-bond donors (Lipinski definition) is 0. The number of hydrogen-bond acceptors (Lipinski definition) is 5. The summed E-state index contributed by atoms with van der Waals surface area (Å²) >= 11 is 6.92. The Hall–Kier alpha value is -2.90. The Balaban J connectivity index is 1.75. The Morgan fingerprint density at radius 1 is 1.11 bits per heavy atom. The summed E-state index contributed by atoms with van der Waals surface area (Å²) in [5.74, 6) is 1.26. The van der Waals surface area contributed by atoms with Crippen molar-refractivity contribution in [2.75, 3.05) is 13.2 Å². The summed E-state index contributed by atoms with van der Waals surface area (Å²) in [5.41, 5.74) is 4.64. The molecule has 1 fully saturated rings. The van der Waals surface area contributed by atoms with Gasteiger partial charge in [-0.2, -0.15) is 5.10 Å². The summed E-state index contributed by atoms with van der Waals surface area (Å²) in [5, 5.41) is 4.96. The second kappa shape index (κ2) is 11.9. The zero-order valence-corrected chi connectivity index (χ0v) is 23.0. The van der Waals surface area contributed by atoms with Gasteiger partial charge in [0, 0.05) is 29.4 Å². The Bertz CT molecular complexity index is 1260. The van der Waals surface area contributed by atoms with E-state index in [1.165, 1.54) is 11.8 Å². The lowest BCUT2D eigenvalue weighted by atomic mass is 10.0. The number of unbranched alkanes of at least 4 members (excludes halogenated alkanes) is 2. The fourth-order valence-corrected chi connectivity index (χ4v) is 5.35. The molecule has 0 spiro atoms. The van der Waals surface area contributed by atoms with Crippen LogP contribution in [0.25, 0.3) is 23.0 Å². The third kappa shape index (κ3) is 5.90. The van der Waals surface area contributed by atoms with E-state index in [1.54, 1.807) is 4.90 Å². The van der Waals surface area contributed by atoms with Gasteiger partial charge >= 0.3 is 0 Å². The molecule has 0 atom stereocenters. The van der Waals surface area contributed by atoms with Crippen molar-refractivity contribution in [1.29, 1.82) is 0 Å². The molecule has 1 aliphatic heterocycles. The predicted octanol–water partition coefficient (Wildman–Crippen LogP) is 7.27. The van der Waals surface area contributed by atoms with Crippen LogP contribution in [-0.4, -0.2) is 38.1 Å². The number of ether oxygens (including phenoxy) is 1. The molecule has 5 nitrogen and oxygen atoms in total. The zero-order valence-electron chi connectivity index (χ0n) is 21.4. The van der Waals surface area contributed by atoms with Gasteiger partial charge in [0.05, 0.1) is 17.2 Å². The molecular weight excluding hydrogens is 486 g/mol. The Labute approximate surface area is 223 Å². The highest BCUT2D eigenvalue weighted by Crippen LogP contribution is 2.37. The lowest BCUT2D eigenvalue weighted by Gasteiger charge is -2.14. The van der Waals surface area contributed by atoms with Crippen LogP contribution in [0.2, 0.25) is 0 Å². The average molecular weight is 520 g/mol. The van der Waals surface area contributed by atoms with Gasteiger partial charge in [-0.15, -0.1) is 0 Å². The molecule has 0 N–H and O–H groups in total. The van der Waals surface area contributed by atoms with Gasteiger partial charge in [-0.1, -0.05) is 87.9 Å². The van der Waals surface area contributed by atoms with Gasteiger partial charge in [0.2, 0.25) is 0 Å². The van der Waals surface area contributed by atoms with Gasteiger partial charge in [-0.3, -0.25) is 9.69 Å². The Morgan fingerprint density at radius 3 is 2.61 bits per heavy atom. The second-order valence-electron chi connectivity index (χ2n) is 9.39. The van der Waals surface area contributed by atoms with Crippen molar-refractivity contribution in [3.05, 3.63) is 70.8 Å². The number of amides is 1. The van der Waals surface area contributed by atoms with Crippen LogP contribution in [0.3, 0.4) is 0 Å². The van der Waals surface area contributed by atoms with Crippen LogP contribution in [-0.2, 0) is 4.79 Å². The molecule has 4 rings (SSSR count). The highest BCUT2D eigenvalue weighted by atomic mass is 32.2. The monoisotopic (exact) mass is 519 g/mol. The van der Waals surface area contributed by atoms with E-state index < -0.39 is 0 Å². The first-order valence-corrected chi connectivity index (χ1v) is 13.7. The number of rotatable bonds is 10. The number of thioether (sulfide) groups is 1. The number of aromatic nitrogens is 2. The van der Waals surface area contributed by atoms with Gasteiger partial charge in [-0.05, 0) is 43.5 Å². The molecule has 0 radical (unpaired) electrons. The molecule has 0 bridgehead atoms. The molecule has 3 aromatic rings. The molecule has 188 valence electrons. The first-order valence-electron chi connectivity index (χ1n) is 12.5. The Kier molecular flexibility index (Phi) is 8.64. The second-order valence-corrected chi connectivity index (χ2v) is 11.1. The van der Waals surface area contributed by atoms with E-state index in [2.05, 4.69) is 33.8 Å². The highest BCUT2D eigenvalue weighted by molar-refractivity contribution is 8.26. The normalized spacial score (nSPS) is 14.9. The Morgan fingerprint density at radius 2 is 1.89 bits per heavy atom. The van der Waals surface area contributed by atoms with E-state index in [1.807, 2.05) is 59.4 Å². The highest BCUT2D eigenvalue weighted by Gasteiger charge is 2.32. The molecule has 1 aliphatic rings. The number of carbonyl (C=O) groups excluding carboxylic acids is 1. The SMILES string of the molecule is CCCCCN1C(=O)/C(=C/c2cn(-c3ccccc3)nc2-c2cccc(OCC(C)C)c2C)SC1=S. The number of carbonyl (C=O) groups is 1. The van der Waals surface area contributed by atoms with Crippen LogP contribution in [0.15, 0.2) is 59.6 Å². The van der Waals surface area contributed by atoms with Gasteiger partial charge in [0.25, 0.3) is 5.91 Å². The molecule has 36 heavy (non-hydrogen) atoms. The standard InChI is InChI=1S/C29H33N3O2S2/c1-5-6-10-16-31-28(33)26(36-29(31)35)17-22-18-32(23-12-8-7-9-13-23)30-27(22)24-14-11-15-25(21(24)4)34-19-20(2)3/h7-9,11-15,17-18,20H,5-6,10,16,19H2,1-4H3/b26-17-. The van der Waals surface area contributed by atoms with Gasteiger partial charge < -0.3 is 4.74 Å². The third-order valence-electron chi connectivity index (χ3n) is 6.02. The minimum absolute atomic E-state index is 0.0229. The number of nitrogens with zero attached hydrogens (tertiary/aromatic N) is 3. The maximum absolute atomic E-state index is 13.2. The first-order chi connectivity index (χ1) is 17.4. The molecule has 2 aromatic carbocycles. The molecule has 0 saturated carbocycles. The van der Waals surface area contributed by atoms with Crippen LogP contribution in [0.4, 0.5) is 0 Å². The average Bonchev–Trinajstić information content (AvgIpc) is 3.40. The molecule has 7 heteroatoms. The largest absolute Gasteiger partial charge is 0.493 e. The number of thiocarbonyl (C=S) groups is 1. The van der Waals surface area contributed by atoms with Crippen molar-refractivity contribution in [2.45, 2.75) is 47.0 Å². The van der Waals surface area contributed by atoms with Crippen molar-refractivity contribution >= 4 is 40.3 Å². The van der Waals surface area contributed by atoms with E-state index >= 15 is 0 Å². The maximum Gasteiger partial charge on any atom is 0.266 e. The van der Waals surface area contributed by atoms with E-state index in [0.29, 0.717) is 28.3 Å². The minimum atomic E-state index is -0.0229. The maximum atomic E-state index is 13.2. The first kappa shape index (κ1) is 26.2. The van der Waals surface area contributed by atoms with Crippen LogP contribution in [0.5, 0.6) is 5.75 Å². The van der Waals surface area contributed by atoms with E-state index in [-0.39, 0.29) is 5.91 Å². The summed E-state index contributed by atoms with van der Waals surface area (Å²) in [4.78, 5) is 15.6. The van der Waals surface area contributed by atoms with Crippen molar-refractivity contribution in [1.82, 2.24) is 14.7 Å². The third-order valence-corrected chi connectivity index (χ3v) is 7.40.